The largest absolute Gasteiger partial charge is 0.508 e. The smallest absolute Gasteiger partial charge is 0.328 e. The van der Waals surface area contributed by atoms with Gasteiger partial charge in [-0.3, -0.25) is 88.1 Å². The van der Waals surface area contributed by atoms with Crippen molar-refractivity contribution in [2.45, 2.75) is 261 Å². The molecule has 0 unspecified atom stereocenters. The number of aromatic hydroxyl groups is 1. The van der Waals surface area contributed by atoms with E-state index in [1.165, 1.54) is 19.1 Å². The van der Waals surface area contributed by atoms with E-state index < -0.39 is 235 Å². The quantitative estimate of drug-likeness (QED) is 0.0112. The third-order valence-corrected chi connectivity index (χ3v) is 23.1. The predicted molar refractivity (Wildman–Crippen MR) is 510 cm³/mol. The fourth-order valence-electron chi connectivity index (χ4n) is 14.5. The zero-order valence-corrected chi connectivity index (χ0v) is 79.1. The van der Waals surface area contributed by atoms with Crippen molar-refractivity contribution in [1.82, 2.24) is 95.4 Å². The molecule has 0 bridgehead atoms. The van der Waals surface area contributed by atoms with Gasteiger partial charge in [0.05, 0.1) is 31.7 Å². The molecule has 38 N–H and O–H groups in total. The van der Waals surface area contributed by atoms with E-state index >= 15 is 19.2 Å². The maximum atomic E-state index is 15.3. The standard InChI is InChI=1S/C90H143N27O21/c1-8-48(4)70(114-78(128)62(30-21-39-101-89(96)97)108-76(126)60(28-17-19-37-92)107-75(125)59(27-16-18-36-91)106-74(124)57(93)41-53-32-34-55(120)35-33-53)83(133)104-46-68(121)105-65(43-54-45-103-58-26-15-14-25-56(54)58)80(130)109-61(29-20-38-100-88(94)95)77(127)111-64(42-52-23-12-11-13-24-52)81(131)116-71(49(5)9-2)84(134)110-63(31-22-40-102-90(98)99)79(129)115-72(50(6)10-3)85(135)112-66(44-69(122)123)82(132)117-73(51(7)119)86(136)113-67(47-118)87(137)138/h11-15,23-26,32-35,45,48-51,57,59-67,70-73,103,118-120H,8-10,16-22,27-31,36-44,46-47,91-93H2,1-7H3,(H,104,133)(H,105,121)(H,106,124)(H,107,125)(H,108,126)(H,109,130)(H,110,134)(H,111,127)(H,112,135)(H,113,136)(H,114,128)(H,115,129)(H,116,131)(H,117,132)(H,122,123)(H,137,138)(H4,94,95,100)(H4,96,97,101)(H4,98,99,102)/t48-,49-,50-,51+,57-,59-,60-,61-,62-,63-,64-,65-,66-,67-,70-,71-,72-,73-/m0/s1. The normalized spacial score (nSPS) is 15.0. The number of nitrogens with two attached hydrogens (primary N) is 6. The minimum absolute atomic E-state index is 0.00371. The van der Waals surface area contributed by atoms with Crippen molar-refractivity contribution < 1.29 is 102 Å². The van der Waals surface area contributed by atoms with Gasteiger partial charge >= 0.3 is 11.9 Å². The number of aromatic amines is 1. The third-order valence-electron chi connectivity index (χ3n) is 23.1. The van der Waals surface area contributed by atoms with Crippen LogP contribution in [0.5, 0.6) is 5.75 Å². The number of carboxylic acids is 2. The van der Waals surface area contributed by atoms with Crippen LogP contribution in [0.2, 0.25) is 0 Å². The maximum absolute atomic E-state index is 15.3. The van der Waals surface area contributed by atoms with Crippen molar-refractivity contribution >= 4 is 123 Å². The molecule has 3 aromatic carbocycles. The van der Waals surface area contributed by atoms with E-state index in [-0.39, 0.29) is 134 Å². The molecule has 0 aliphatic rings. The molecular weight excluding hydrogens is 1800 g/mol. The number of benzene rings is 3. The average molecular weight is 1940 g/mol. The van der Waals surface area contributed by atoms with E-state index in [2.05, 4.69) is 90.1 Å². The number of guanidine groups is 3. The van der Waals surface area contributed by atoms with Crippen molar-refractivity contribution in [1.29, 1.82) is 16.2 Å². The van der Waals surface area contributed by atoms with Crippen LogP contribution in [0.3, 0.4) is 0 Å². The Morgan fingerprint density at radius 2 is 0.739 bits per heavy atom. The number of fused-ring (bicyclic) bond motifs is 1. The van der Waals surface area contributed by atoms with Crippen LogP contribution in [0.25, 0.3) is 10.9 Å². The number of aliphatic hydroxyl groups is 2. The molecule has 4 rings (SSSR count). The van der Waals surface area contributed by atoms with Crippen molar-refractivity contribution in [2.24, 2.45) is 52.2 Å². The molecule has 138 heavy (non-hydrogen) atoms. The summed E-state index contributed by atoms with van der Waals surface area (Å²) in [5, 5.41) is 117. The summed E-state index contributed by atoms with van der Waals surface area (Å²) >= 11 is 0. The molecule has 0 saturated heterocycles. The van der Waals surface area contributed by atoms with Crippen LogP contribution < -0.4 is 125 Å². The number of phenols is 1. The fourth-order valence-corrected chi connectivity index (χ4v) is 14.5. The number of H-pyrrole nitrogens is 1. The minimum Gasteiger partial charge on any atom is -0.508 e. The first kappa shape index (κ1) is 116. The Hall–Kier alpha value is -13.9. The lowest BCUT2D eigenvalue weighted by molar-refractivity contribution is -0.145. The second-order valence-electron chi connectivity index (χ2n) is 34.0. The topological polar surface area (TPSA) is 822 Å². The van der Waals surface area contributed by atoms with Crippen LogP contribution in [0.15, 0.2) is 85.1 Å². The summed E-state index contributed by atoms with van der Waals surface area (Å²) in [6, 6.07) is -0.530. The number of hydrogen-bond acceptors (Lipinski definition) is 25. The Balaban J connectivity index is 1.70. The van der Waals surface area contributed by atoms with Crippen molar-refractivity contribution in [3.8, 4) is 5.75 Å². The number of phenolic OH excluding ortho intramolecular Hbond substituents is 1. The molecule has 1 aromatic heterocycles. The number of amides is 14. The van der Waals surface area contributed by atoms with Gasteiger partial charge in [0, 0.05) is 49.6 Å². The summed E-state index contributed by atoms with van der Waals surface area (Å²) in [5.41, 5.74) is 37.0. The van der Waals surface area contributed by atoms with E-state index in [1.807, 2.05) is 5.32 Å². The number of unbranched alkanes of at least 4 members (excludes halogenated alkanes) is 2. The van der Waals surface area contributed by atoms with Crippen LogP contribution in [0.1, 0.15) is 168 Å². The van der Waals surface area contributed by atoms with Crippen LogP contribution >= 0.6 is 0 Å². The molecule has 764 valence electrons. The number of hydrogen-bond donors (Lipinski definition) is 32. The first-order chi connectivity index (χ1) is 65.5. The predicted octanol–water partition coefficient (Wildman–Crippen LogP) is -5.23. The zero-order valence-electron chi connectivity index (χ0n) is 79.1. The lowest BCUT2D eigenvalue weighted by Gasteiger charge is -2.31. The van der Waals surface area contributed by atoms with Gasteiger partial charge in [0.15, 0.2) is 17.9 Å². The fraction of sp³-hybridized carbons (Fsp3) is 0.567. The molecule has 0 saturated carbocycles. The molecule has 1 heterocycles. The SMILES string of the molecule is CC[C@H](C)[C@H](NC(=O)[C@H](CCCNC(=N)N)NC(=O)[C@H](CCCCN)NC(=O)[C@H](CCCCN)NC(=O)[C@@H](N)Cc1ccc(O)cc1)C(=O)NCC(=O)N[C@@H](Cc1c[nH]c2ccccc12)C(=O)N[C@@H](CCCNC(=N)N)C(=O)N[C@@H](Cc1ccccc1)C(=O)N[C@H](C(=O)N[C@@H](CCCNC(=N)N)C(=O)N[C@H](C(=O)N[C@@H](CC(=O)O)C(=O)N[C@H](C(=O)N[C@@H](CO)C(=O)O)[C@@H](C)O)[C@@H](C)CC)[C@@H](C)CC. The molecule has 0 fully saturated rings. The van der Waals surface area contributed by atoms with Gasteiger partial charge in [-0.2, -0.15) is 0 Å². The highest BCUT2D eigenvalue weighted by Crippen LogP contribution is 2.22. The summed E-state index contributed by atoms with van der Waals surface area (Å²) in [5.74, 6) is -20.5. The first-order valence-electron chi connectivity index (χ1n) is 46.2. The van der Waals surface area contributed by atoms with Gasteiger partial charge in [-0.15, -0.1) is 0 Å². The average Bonchev–Trinajstić information content (AvgIpc) is 1.76. The molecule has 48 heteroatoms. The second-order valence-corrected chi connectivity index (χ2v) is 34.0. The van der Waals surface area contributed by atoms with Crippen LogP contribution in [0, 0.1) is 34.0 Å². The summed E-state index contributed by atoms with van der Waals surface area (Å²) < 4.78 is 0. The van der Waals surface area contributed by atoms with Crippen molar-refractivity contribution in [3.05, 3.63) is 102 Å². The highest BCUT2D eigenvalue weighted by Gasteiger charge is 2.41. The van der Waals surface area contributed by atoms with Crippen LogP contribution in [-0.2, 0) is 96.0 Å². The number of carbonyl (C=O) groups excluding carboxylic acids is 14. The Labute approximate surface area is 800 Å². The Kier molecular flexibility index (Phi) is 51.7. The van der Waals surface area contributed by atoms with Gasteiger partial charge in [-0.05, 0) is 156 Å². The number of nitrogens with one attached hydrogen (secondary N) is 21. The minimum atomic E-state index is -2.03. The number of para-hydroxylation sites is 1. The summed E-state index contributed by atoms with van der Waals surface area (Å²) in [4.78, 5) is 230. The van der Waals surface area contributed by atoms with E-state index in [1.54, 1.807) is 108 Å². The van der Waals surface area contributed by atoms with Crippen LogP contribution in [0.4, 0.5) is 0 Å². The van der Waals surface area contributed by atoms with Gasteiger partial charge < -0.3 is 155 Å². The van der Waals surface area contributed by atoms with E-state index in [0.717, 1.165) is 6.92 Å². The van der Waals surface area contributed by atoms with Gasteiger partial charge in [0.1, 0.15) is 84.3 Å². The third kappa shape index (κ3) is 41.4. The Bertz CT molecular complexity index is 4700. The highest BCUT2D eigenvalue weighted by molar-refractivity contribution is 6.01. The Morgan fingerprint density at radius 3 is 1.17 bits per heavy atom. The number of aliphatic hydroxyl groups excluding tert-OH is 2. The summed E-state index contributed by atoms with van der Waals surface area (Å²) in [6.45, 7) is 9.39. The maximum Gasteiger partial charge on any atom is 0.328 e. The molecule has 14 amide bonds. The lowest BCUT2D eigenvalue weighted by Crippen LogP contribution is -2.62. The number of carbonyl (C=O) groups is 16. The molecule has 18 atom stereocenters. The number of rotatable bonds is 65. The number of aliphatic carboxylic acids is 2. The van der Waals surface area contributed by atoms with Crippen molar-refractivity contribution in [2.75, 3.05) is 45.9 Å². The first-order valence-corrected chi connectivity index (χ1v) is 46.2. The second kappa shape index (κ2) is 61.3. The van der Waals surface area contributed by atoms with E-state index in [4.69, 9.17) is 50.6 Å². The van der Waals surface area contributed by atoms with Gasteiger partial charge in [0.25, 0.3) is 0 Å². The molecule has 4 aromatic rings. The van der Waals surface area contributed by atoms with Crippen LogP contribution in [-0.4, -0.2) is 280 Å². The number of carboxylic acid groups (broad SMARTS) is 2. The molecule has 0 spiro atoms. The molecule has 0 radical (unpaired) electrons. The molecular formula is C90H143N27O21. The van der Waals surface area contributed by atoms with Gasteiger partial charge in [0.2, 0.25) is 82.7 Å². The molecule has 48 nitrogen and oxygen atoms in total. The summed E-state index contributed by atoms with van der Waals surface area (Å²) in [7, 11) is 0. The van der Waals surface area contributed by atoms with Gasteiger partial charge in [-0.1, -0.05) is 121 Å². The highest BCUT2D eigenvalue weighted by atomic mass is 16.4. The monoisotopic (exact) mass is 1940 g/mol. The molecule has 0 aliphatic carbocycles. The number of aromatic nitrogens is 1. The van der Waals surface area contributed by atoms with Gasteiger partial charge in [-0.25, -0.2) is 4.79 Å². The van der Waals surface area contributed by atoms with Crippen molar-refractivity contribution in [3.63, 3.8) is 0 Å². The lowest BCUT2D eigenvalue weighted by atomic mass is 9.95. The molecule has 0 aliphatic heterocycles. The summed E-state index contributed by atoms with van der Waals surface area (Å²) in [6.07, 6.45) is 0.0516. The van der Waals surface area contributed by atoms with E-state index in [9.17, 15) is 83.1 Å². The van der Waals surface area contributed by atoms with E-state index in [0.29, 0.717) is 53.3 Å². The Morgan fingerprint density at radius 1 is 0.384 bits per heavy atom. The zero-order chi connectivity index (χ0) is 103.